The number of aromatic nitrogens is 1. The van der Waals surface area contributed by atoms with Gasteiger partial charge in [-0.2, -0.15) is 0 Å². The Labute approximate surface area is 196 Å². The highest BCUT2D eigenvalue weighted by Crippen LogP contribution is 2.42. The number of rotatable bonds is 10. The second-order valence-corrected chi connectivity index (χ2v) is 9.22. The summed E-state index contributed by atoms with van der Waals surface area (Å²) in [5.74, 6) is -0.830. The summed E-state index contributed by atoms with van der Waals surface area (Å²) in [7, 11) is 0. The van der Waals surface area contributed by atoms with Gasteiger partial charge in [-0.25, -0.2) is 13.6 Å². The normalized spacial score (nSPS) is 19.7. The molecule has 7 nitrogen and oxygen atoms in total. The van der Waals surface area contributed by atoms with Crippen LogP contribution in [-0.2, 0) is 20.9 Å². The summed E-state index contributed by atoms with van der Waals surface area (Å²) in [6.45, 7) is 0.938. The Morgan fingerprint density at radius 1 is 1.15 bits per heavy atom. The van der Waals surface area contributed by atoms with Gasteiger partial charge in [0.15, 0.2) is 0 Å². The number of carboxylic acid groups (broad SMARTS) is 1. The second-order valence-electron chi connectivity index (χ2n) is 9.22. The van der Waals surface area contributed by atoms with E-state index >= 15 is 0 Å². The number of anilines is 1. The quantitative estimate of drug-likeness (QED) is 0.503. The number of nitrogens with one attached hydrogen (secondary N) is 1. The molecule has 0 unspecified atom stereocenters. The molecular formula is C25H28F2N2O5. The van der Waals surface area contributed by atoms with Crippen LogP contribution in [0.3, 0.4) is 0 Å². The van der Waals surface area contributed by atoms with Crippen molar-refractivity contribution in [2.24, 2.45) is 0 Å². The first-order chi connectivity index (χ1) is 16.4. The molecule has 182 valence electrons. The minimum atomic E-state index is -2.74. The number of nitrogens with zero attached hydrogens (tertiary/aromatic N) is 1. The molecule has 1 aromatic carbocycles. The van der Waals surface area contributed by atoms with E-state index in [0.717, 1.165) is 25.7 Å². The van der Waals surface area contributed by atoms with Crippen molar-refractivity contribution in [1.82, 2.24) is 4.98 Å². The lowest BCUT2D eigenvalue weighted by atomic mass is 9.89. The van der Waals surface area contributed by atoms with Crippen LogP contribution in [0.2, 0.25) is 0 Å². The summed E-state index contributed by atoms with van der Waals surface area (Å²) in [6.07, 6.45) is 4.49. The van der Waals surface area contributed by atoms with E-state index in [1.807, 2.05) is 0 Å². The van der Waals surface area contributed by atoms with Crippen LogP contribution in [0.15, 0.2) is 30.6 Å². The maximum atomic E-state index is 14.2. The van der Waals surface area contributed by atoms with Crippen LogP contribution in [0.5, 0.6) is 5.75 Å². The van der Waals surface area contributed by atoms with Gasteiger partial charge in [0, 0.05) is 43.5 Å². The third-order valence-corrected chi connectivity index (χ3v) is 6.52. The molecule has 0 radical (unpaired) electrons. The van der Waals surface area contributed by atoms with Gasteiger partial charge in [-0.05, 0) is 48.9 Å². The standard InChI is InChI=1S/C25H28F2N2O5/c26-23(27)22-20(12-28-13-21(22)34-18-4-5-18)19-6-1-16(11-15(19)14-33-17-2-3-17)29-25(24(30)31)7-9-32-10-8-25/h1,6,11-13,17-18,23,29H,2-5,7-10,14H2,(H,30,31). The molecule has 9 heteroatoms. The maximum absolute atomic E-state index is 14.2. The van der Waals surface area contributed by atoms with Gasteiger partial charge in [0.25, 0.3) is 6.43 Å². The number of alkyl halides is 2. The molecule has 3 fully saturated rings. The van der Waals surface area contributed by atoms with Gasteiger partial charge >= 0.3 is 5.97 Å². The zero-order valence-corrected chi connectivity index (χ0v) is 18.8. The van der Waals surface area contributed by atoms with E-state index in [0.29, 0.717) is 48.4 Å². The van der Waals surface area contributed by atoms with Crippen molar-refractivity contribution in [1.29, 1.82) is 0 Å². The molecule has 0 bridgehead atoms. The van der Waals surface area contributed by atoms with Gasteiger partial charge in [0.05, 0.1) is 30.6 Å². The Balaban J connectivity index is 1.51. The van der Waals surface area contributed by atoms with Gasteiger partial charge in [0.1, 0.15) is 11.3 Å². The highest BCUT2D eigenvalue weighted by Gasteiger charge is 2.40. The van der Waals surface area contributed by atoms with Gasteiger partial charge in [0.2, 0.25) is 0 Å². The van der Waals surface area contributed by atoms with Crippen molar-refractivity contribution >= 4 is 11.7 Å². The Hall–Kier alpha value is -2.78. The van der Waals surface area contributed by atoms with Gasteiger partial charge in [-0.3, -0.25) is 4.98 Å². The number of benzene rings is 1. The number of pyridine rings is 1. The first kappa shape index (κ1) is 23.0. The minimum absolute atomic E-state index is 0.0366. The average molecular weight is 475 g/mol. The van der Waals surface area contributed by atoms with E-state index < -0.39 is 17.9 Å². The number of halogens is 2. The van der Waals surface area contributed by atoms with E-state index in [1.165, 1.54) is 12.4 Å². The van der Waals surface area contributed by atoms with Gasteiger partial charge in [-0.1, -0.05) is 6.07 Å². The molecule has 2 aliphatic carbocycles. The van der Waals surface area contributed by atoms with Crippen LogP contribution in [0, 0.1) is 0 Å². The molecule has 1 aliphatic heterocycles. The molecule has 0 spiro atoms. The third-order valence-electron chi connectivity index (χ3n) is 6.52. The summed E-state index contributed by atoms with van der Waals surface area (Å²) in [6, 6.07) is 5.24. The summed E-state index contributed by atoms with van der Waals surface area (Å²) >= 11 is 0. The highest BCUT2D eigenvalue weighted by molar-refractivity contribution is 5.83. The van der Waals surface area contributed by atoms with E-state index in [1.54, 1.807) is 18.2 Å². The topological polar surface area (TPSA) is 89.9 Å². The number of carbonyl (C=O) groups is 1. The average Bonchev–Trinajstić information content (AvgIpc) is 3.74. The Morgan fingerprint density at radius 3 is 2.53 bits per heavy atom. The minimum Gasteiger partial charge on any atom is -0.488 e. The largest absolute Gasteiger partial charge is 0.488 e. The molecule has 1 saturated heterocycles. The lowest BCUT2D eigenvalue weighted by Gasteiger charge is -2.35. The van der Waals surface area contributed by atoms with E-state index in [2.05, 4.69) is 10.3 Å². The van der Waals surface area contributed by atoms with Crippen LogP contribution in [0.25, 0.3) is 11.1 Å². The van der Waals surface area contributed by atoms with Crippen molar-refractivity contribution in [2.45, 2.75) is 69.3 Å². The highest BCUT2D eigenvalue weighted by atomic mass is 19.3. The molecular weight excluding hydrogens is 446 g/mol. The molecule has 2 N–H and O–H groups in total. The molecule has 0 atom stereocenters. The fourth-order valence-electron chi connectivity index (χ4n) is 4.23. The summed E-state index contributed by atoms with van der Waals surface area (Å²) in [5, 5.41) is 13.1. The lowest BCUT2D eigenvalue weighted by Crippen LogP contribution is -2.50. The zero-order chi connectivity index (χ0) is 23.7. The Morgan fingerprint density at radius 2 is 1.88 bits per heavy atom. The van der Waals surface area contributed by atoms with E-state index in [9.17, 15) is 18.7 Å². The number of hydrogen-bond acceptors (Lipinski definition) is 6. The summed E-state index contributed by atoms with van der Waals surface area (Å²) in [5.41, 5.74) is 0.847. The summed E-state index contributed by atoms with van der Waals surface area (Å²) < 4.78 is 45.4. The predicted molar refractivity (Wildman–Crippen MR) is 120 cm³/mol. The van der Waals surface area contributed by atoms with Gasteiger partial charge < -0.3 is 24.6 Å². The Kier molecular flexibility index (Phi) is 6.40. The molecule has 1 aromatic heterocycles. The van der Waals surface area contributed by atoms with E-state index in [4.69, 9.17) is 14.2 Å². The smallest absolute Gasteiger partial charge is 0.329 e. The first-order valence-electron chi connectivity index (χ1n) is 11.7. The molecule has 0 amide bonds. The third kappa shape index (κ3) is 5.00. The van der Waals surface area contributed by atoms with Gasteiger partial charge in [-0.15, -0.1) is 0 Å². The van der Waals surface area contributed by atoms with Crippen LogP contribution in [0.4, 0.5) is 14.5 Å². The maximum Gasteiger partial charge on any atom is 0.329 e. The SMILES string of the molecule is O=C(O)C1(Nc2ccc(-c3cncc(OC4CC4)c3C(F)F)c(COC3CC3)c2)CCOCC1. The molecule has 3 aliphatic rings. The fourth-order valence-corrected chi connectivity index (χ4v) is 4.23. The fraction of sp³-hybridized carbons (Fsp3) is 0.520. The monoisotopic (exact) mass is 474 g/mol. The molecule has 2 heterocycles. The predicted octanol–water partition coefficient (Wildman–Crippen LogP) is 4.95. The second kappa shape index (κ2) is 9.46. The van der Waals surface area contributed by atoms with Crippen LogP contribution >= 0.6 is 0 Å². The number of hydrogen-bond donors (Lipinski definition) is 2. The van der Waals surface area contributed by atoms with Crippen LogP contribution in [0.1, 0.15) is 56.1 Å². The lowest BCUT2D eigenvalue weighted by molar-refractivity contribution is -0.145. The zero-order valence-electron chi connectivity index (χ0n) is 18.8. The molecule has 5 rings (SSSR count). The van der Waals surface area contributed by atoms with Crippen LogP contribution < -0.4 is 10.1 Å². The first-order valence-corrected chi connectivity index (χ1v) is 11.7. The molecule has 2 saturated carbocycles. The van der Waals surface area contributed by atoms with Crippen molar-refractivity contribution < 1.29 is 32.9 Å². The number of aliphatic carboxylic acids is 1. The number of carboxylic acids is 1. The molecule has 2 aromatic rings. The van der Waals surface area contributed by atoms with Crippen LogP contribution in [-0.4, -0.2) is 47.0 Å². The summed E-state index contributed by atoms with van der Waals surface area (Å²) in [4.78, 5) is 16.3. The van der Waals surface area contributed by atoms with Crippen molar-refractivity contribution in [3.8, 4) is 16.9 Å². The number of ether oxygens (including phenoxy) is 3. The Bertz CT molecular complexity index is 1050. The molecule has 34 heavy (non-hydrogen) atoms. The van der Waals surface area contributed by atoms with E-state index in [-0.39, 0.29) is 30.1 Å². The van der Waals surface area contributed by atoms with Crippen molar-refractivity contribution in [2.75, 3.05) is 18.5 Å². The van der Waals surface area contributed by atoms with Crippen molar-refractivity contribution in [3.05, 3.63) is 41.7 Å². The van der Waals surface area contributed by atoms with Crippen molar-refractivity contribution in [3.63, 3.8) is 0 Å².